The van der Waals surface area contributed by atoms with Crippen molar-refractivity contribution in [2.45, 2.75) is 25.8 Å². The number of nitrogens with one attached hydrogen (secondary N) is 1. The molecule has 0 saturated heterocycles. The first-order valence-electron chi connectivity index (χ1n) is 6.41. The van der Waals surface area contributed by atoms with Crippen LogP contribution >= 0.6 is 38.9 Å². The summed E-state index contributed by atoms with van der Waals surface area (Å²) in [5.74, 6) is 0. The van der Waals surface area contributed by atoms with Crippen LogP contribution in [0.1, 0.15) is 30.5 Å². The molecule has 0 spiro atoms. The lowest BCUT2D eigenvalue weighted by molar-refractivity contribution is 0.530. The summed E-state index contributed by atoms with van der Waals surface area (Å²) in [7, 11) is 0. The van der Waals surface area contributed by atoms with Crippen LogP contribution in [-0.4, -0.2) is 6.54 Å². The van der Waals surface area contributed by atoms with E-state index in [2.05, 4.69) is 45.7 Å². The van der Waals surface area contributed by atoms with Crippen molar-refractivity contribution >= 4 is 38.9 Å². The highest BCUT2D eigenvalue weighted by molar-refractivity contribution is 9.11. The van der Waals surface area contributed by atoms with Gasteiger partial charge in [0.15, 0.2) is 0 Å². The van der Waals surface area contributed by atoms with Crippen LogP contribution in [0.5, 0.6) is 0 Å². The Morgan fingerprint density at radius 3 is 2.79 bits per heavy atom. The smallest absolute Gasteiger partial charge is 0.0701 e. The van der Waals surface area contributed by atoms with Gasteiger partial charge >= 0.3 is 0 Å². The van der Waals surface area contributed by atoms with E-state index in [4.69, 9.17) is 11.6 Å². The van der Waals surface area contributed by atoms with Crippen LogP contribution in [0.15, 0.2) is 39.5 Å². The summed E-state index contributed by atoms with van der Waals surface area (Å²) < 4.78 is 1.17. The van der Waals surface area contributed by atoms with Gasteiger partial charge in [0, 0.05) is 11.1 Å². The second-order valence-corrected chi connectivity index (χ2v) is 7.18. The van der Waals surface area contributed by atoms with Gasteiger partial charge in [-0.05, 0) is 64.0 Å². The summed E-state index contributed by atoms with van der Waals surface area (Å²) in [4.78, 5) is 0. The molecule has 1 N–H and O–H groups in total. The highest BCUT2D eigenvalue weighted by Gasteiger charge is 2.14. The summed E-state index contributed by atoms with van der Waals surface area (Å²) in [5.41, 5.74) is 2.52. The average Bonchev–Trinajstić information content (AvgIpc) is 2.83. The number of benzene rings is 1. The van der Waals surface area contributed by atoms with Crippen molar-refractivity contribution in [2.24, 2.45) is 0 Å². The fourth-order valence-corrected chi connectivity index (χ4v) is 3.46. The predicted octanol–water partition coefficient (Wildman–Crippen LogP) is 5.45. The van der Waals surface area contributed by atoms with Gasteiger partial charge in [0.2, 0.25) is 0 Å². The molecule has 0 fully saturated rings. The molecule has 0 radical (unpaired) electrons. The summed E-state index contributed by atoms with van der Waals surface area (Å²) in [6, 6.07) is 10.6. The third kappa shape index (κ3) is 4.32. The molecule has 1 aromatic heterocycles. The van der Waals surface area contributed by atoms with Crippen molar-refractivity contribution in [3.63, 3.8) is 0 Å². The van der Waals surface area contributed by atoms with Crippen molar-refractivity contribution in [3.8, 4) is 0 Å². The maximum atomic E-state index is 6.26. The first-order valence-corrected chi connectivity index (χ1v) is 8.46. The first kappa shape index (κ1) is 15.0. The first-order chi connectivity index (χ1) is 9.20. The van der Waals surface area contributed by atoms with Gasteiger partial charge < -0.3 is 5.32 Å². The highest BCUT2D eigenvalue weighted by atomic mass is 79.9. The van der Waals surface area contributed by atoms with E-state index in [1.165, 1.54) is 14.9 Å². The number of hydrogen-bond acceptors (Lipinski definition) is 2. The van der Waals surface area contributed by atoms with Gasteiger partial charge in [0.1, 0.15) is 0 Å². The second kappa shape index (κ2) is 7.44. The van der Waals surface area contributed by atoms with Crippen LogP contribution in [0.3, 0.4) is 0 Å². The van der Waals surface area contributed by atoms with E-state index in [9.17, 15) is 0 Å². The molecule has 0 bridgehead atoms. The highest BCUT2D eigenvalue weighted by Crippen LogP contribution is 2.29. The summed E-state index contributed by atoms with van der Waals surface area (Å²) in [6.45, 7) is 3.20. The number of hydrogen-bond donors (Lipinski definition) is 1. The molecular formula is C15H17BrClNS. The zero-order valence-electron chi connectivity index (χ0n) is 10.8. The lowest BCUT2D eigenvalue weighted by Gasteiger charge is -2.18. The lowest BCUT2D eigenvalue weighted by Crippen LogP contribution is -2.23. The average molecular weight is 359 g/mol. The van der Waals surface area contributed by atoms with Gasteiger partial charge in [0.05, 0.1) is 3.79 Å². The zero-order chi connectivity index (χ0) is 13.7. The van der Waals surface area contributed by atoms with Crippen LogP contribution in [0.2, 0.25) is 5.02 Å². The molecule has 1 aromatic carbocycles. The van der Waals surface area contributed by atoms with Crippen molar-refractivity contribution in [1.29, 1.82) is 0 Å². The van der Waals surface area contributed by atoms with Crippen LogP contribution in [0, 0.1) is 0 Å². The standard InChI is InChI=1S/C15H17BrClNS/c1-2-7-18-14(12-9-15(16)19-10-12)8-11-5-3-4-6-13(11)17/h3-6,9-10,14,18H,2,7-8H2,1H3. The van der Waals surface area contributed by atoms with E-state index < -0.39 is 0 Å². The molecule has 1 heterocycles. The van der Waals surface area contributed by atoms with Gasteiger partial charge in [-0.25, -0.2) is 0 Å². The molecule has 0 aliphatic carbocycles. The van der Waals surface area contributed by atoms with E-state index in [0.29, 0.717) is 6.04 Å². The molecule has 1 unspecified atom stereocenters. The Kier molecular flexibility index (Phi) is 5.89. The second-order valence-electron chi connectivity index (χ2n) is 4.49. The Morgan fingerprint density at radius 1 is 1.37 bits per heavy atom. The maximum absolute atomic E-state index is 6.26. The molecule has 0 saturated carbocycles. The largest absolute Gasteiger partial charge is 0.310 e. The van der Waals surface area contributed by atoms with E-state index in [-0.39, 0.29) is 0 Å². The van der Waals surface area contributed by atoms with Gasteiger partial charge in [-0.1, -0.05) is 36.7 Å². The van der Waals surface area contributed by atoms with Crippen molar-refractivity contribution in [2.75, 3.05) is 6.54 Å². The van der Waals surface area contributed by atoms with Crippen molar-refractivity contribution < 1.29 is 0 Å². The fraction of sp³-hybridized carbons (Fsp3) is 0.333. The third-order valence-electron chi connectivity index (χ3n) is 3.01. The van der Waals surface area contributed by atoms with Gasteiger partial charge in [0.25, 0.3) is 0 Å². The van der Waals surface area contributed by atoms with Gasteiger partial charge in [-0.15, -0.1) is 11.3 Å². The third-order valence-corrected chi connectivity index (χ3v) is 4.90. The Morgan fingerprint density at radius 2 is 2.16 bits per heavy atom. The van der Waals surface area contributed by atoms with Crippen LogP contribution in [-0.2, 0) is 6.42 Å². The number of halogens is 2. The molecule has 1 nitrogen and oxygen atoms in total. The topological polar surface area (TPSA) is 12.0 Å². The minimum Gasteiger partial charge on any atom is -0.310 e. The quantitative estimate of drug-likeness (QED) is 0.724. The fourth-order valence-electron chi connectivity index (χ4n) is 2.02. The molecule has 102 valence electrons. The molecular weight excluding hydrogens is 342 g/mol. The molecule has 19 heavy (non-hydrogen) atoms. The molecule has 1 atom stereocenters. The van der Waals surface area contributed by atoms with Crippen LogP contribution < -0.4 is 5.32 Å². The number of rotatable bonds is 6. The zero-order valence-corrected chi connectivity index (χ0v) is 14.0. The van der Waals surface area contributed by atoms with Gasteiger partial charge in [-0.3, -0.25) is 0 Å². The van der Waals surface area contributed by atoms with E-state index >= 15 is 0 Å². The molecule has 0 aliphatic heterocycles. The van der Waals surface area contributed by atoms with E-state index in [1.807, 2.05) is 18.2 Å². The van der Waals surface area contributed by atoms with E-state index in [1.54, 1.807) is 11.3 Å². The summed E-state index contributed by atoms with van der Waals surface area (Å²) in [6.07, 6.45) is 2.05. The Balaban J connectivity index is 2.16. The molecule has 2 aromatic rings. The lowest BCUT2D eigenvalue weighted by atomic mass is 10.0. The summed E-state index contributed by atoms with van der Waals surface area (Å²) >= 11 is 11.5. The normalized spacial score (nSPS) is 12.6. The van der Waals surface area contributed by atoms with E-state index in [0.717, 1.165) is 24.4 Å². The van der Waals surface area contributed by atoms with Crippen molar-refractivity contribution in [1.82, 2.24) is 5.32 Å². The maximum Gasteiger partial charge on any atom is 0.0701 e. The number of thiophene rings is 1. The molecule has 0 aliphatic rings. The Hall–Kier alpha value is -0.350. The van der Waals surface area contributed by atoms with Crippen molar-refractivity contribution in [3.05, 3.63) is 55.6 Å². The molecule has 2 rings (SSSR count). The minimum atomic E-state index is 0.322. The van der Waals surface area contributed by atoms with Crippen LogP contribution in [0.25, 0.3) is 0 Å². The Labute approximate surface area is 132 Å². The Bertz CT molecular complexity index is 526. The van der Waals surface area contributed by atoms with Gasteiger partial charge in [-0.2, -0.15) is 0 Å². The molecule has 4 heteroatoms. The molecule has 0 amide bonds. The summed E-state index contributed by atoms with van der Waals surface area (Å²) in [5, 5.41) is 6.65. The predicted molar refractivity (Wildman–Crippen MR) is 88.2 cm³/mol. The van der Waals surface area contributed by atoms with Crippen LogP contribution in [0.4, 0.5) is 0 Å². The minimum absolute atomic E-state index is 0.322. The SMILES string of the molecule is CCCNC(Cc1ccccc1Cl)c1csc(Br)c1. The monoisotopic (exact) mass is 357 g/mol.